The molecule has 132 valence electrons. The summed E-state index contributed by atoms with van der Waals surface area (Å²) in [5.41, 5.74) is 0. The Balaban J connectivity index is 1.25. The van der Waals surface area contributed by atoms with Crippen LogP contribution in [0.3, 0.4) is 0 Å². The normalized spacial score (nSPS) is 32.0. The van der Waals surface area contributed by atoms with Crippen LogP contribution in [0.25, 0.3) is 0 Å². The average molecular weight is 323 g/mol. The Hall–Kier alpha value is -0.810. The number of guanidine groups is 1. The van der Waals surface area contributed by atoms with Crippen molar-refractivity contribution < 1.29 is 9.47 Å². The van der Waals surface area contributed by atoms with Gasteiger partial charge in [-0.3, -0.25) is 4.99 Å². The van der Waals surface area contributed by atoms with Crippen molar-refractivity contribution >= 4 is 5.96 Å². The molecule has 5 heteroatoms. The Kier molecular flexibility index (Phi) is 6.57. The van der Waals surface area contributed by atoms with Crippen molar-refractivity contribution in [2.75, 3.05) is 33.4 Å². The number of aliphatic imine (C=N–C) groups is 1. The van der Waals surface area contributed by atoms with Crippen LogP contribution >= 0.6 is 0 Å². The van der Waals surface area contributed by atoms with Gasteiger partial charge in [0.05, 0.1) is 12.7 Å². The maximum absolute atomic E-state index is 5.78. The minimum absolute atomic E-state index is 0.315. The van der Waals surface area contributed by atoms with Crippen LogP contribution in [0, 0.1) is 11.8 Å². The Morgan fingerprint density at radius 1 is 1.22 bits per heavy atom. The quantitative estimate of drug-likeness (QED) is 0.429. The summed E-state index contributed by atoms with van der Waals surface area (Å²) in [7, 11) is 1.86. The monoisotopic (exact) mass is 323 g/mol. The van der Waals surface area contributed by atoms with Crippen LogP contribution in [0.1, 0.15) is 51.4 Å². The Labute approximate surface area is 140 Å². The molecule has 0 radical (unpaired) electrons. The van der Waals surface area contributed by atoms with E-state index in [1.54, 1.807) is 0 Å². The first-order valence-corrected chi connectivity index (χ1v) is 9.53. The SMILES string of the molecule is CN=C(NCCCOC1CCOC1)NC1CC1C1CCCCC1. The Bertz CT molecular complexity index is 376. The summed E-state index contributed by atoms with van der Waals surface area (Å²) in [6.45, 7) is 3.32. The Morgan fingerprint density at radius 3 is 2.83 bits per heavy atom. The van der Waals surface area contributed by atoms with E-state index in [-0.39, 0.29) is 0 Å². The van der Waals surface area contributed by atoms with Crippen molar-refractivity contribution in [3.8, 4) is 0 Å². The van der Waals surface area contributed by atoms with Gasteiger partial charge in [-0.15, -0.1) is 0 Å². The number of hydrogen-bond donors (Lipinski definition) is 2. The van der Waals surface area contributed by atoms with Gasteiger partial charge in [-0.2, -0.15) is 0 Å². The van der Waals surface area contributed by atoms with Crippen LogP contribution in [0.5, 0.6) is 0 Å². The van der Waals surface area contributed by atoms with E-state index in [2.05, 4.69) is 15.6 Å². The van der Waals surface area contributed by atoms with Gasteiger partial charge in [0, 0.05) is 32.8 Å². The summed E-state index contributed by atoms with van der Waals surface area (Å²) >= 11 is 0. The molecule has 0 aromatic carbocycles. The molecule has 3 aliphatic rings. The molecular weight excluding hydrogens is 290 g/mol. The zero-order valence-corrected chi connectivity index (χ0v) is 14.6. The molecule has 1 saturated heterocycles. The largest absolute Gasteiger partial charge is 0.379 e. The number of ether oxygens (including phenoxy) is 2. The zero-order valence-electron chi connectivity index (χ0n) is 14.6. The molecular formula is C18H33N3O2. The lowest BCUT2D eigenvalue weighted by Crippen LogP contribution is -2.40. The van der Waals surface area contributed by atoms with E-state index in [0.717, 1.165) is 57.0 Å². The van der Waals surface area contributed by atoms with E-state index in [4.69, 9.17) is 9.47 Å². The molecule has 1 aliphatic heterocycles. The summed E-state index contributed by atoms with van der Waals surface area (Å²) in [4.78, 5) is 4.36. The maximum atomic E-state index is 5.78. The second-order valence-electron chi connectivity index (χ2n) is 7.26. The molecule has 0 spiro atoms. The lowest BCUT2D eigenvalue weighted by atomic mass is 9.85. The van der Waals surface area contributed by atoms with Gasteiger partial charge < -0.3 is 20.1 Å². The molecule has 3 rings (SSSR count). The van der Waals surface area contributed by atoms with Crippen molar-refractivity contribution in [3.05, 3.63) is 0 Å². The van der Waals surface area contributed by atoms with Gasteiger partial charge in [0.1, 0.15) is 0 Å². The maximum Gasteiger partial charge on any atom is 0.191 e. The molecule has 1 heterocycles. The second-order valence-corrected chi connectivity index (χ2v) is 7.26. The van der Waals surface area contributed by atoms with Crippen LogP contribution in [0.2, 0.25) is 0 Å². The van der Waals surface area contributed by atoms with Crippen LogP contribution in [0.15, 0.2) is 4.99 Å². The first kappa shape index (κ1) is 17.0. The minimum Gasteiger partial charge on any atom is -0.379 e. The summed E-state index contributed by atoms with van der Waals surface area (Å²) in [6.07, 6.45) is 10.9. The number of hydrogen-bond acceptors (Lipinski definition) is 3. The highest BCUT2D eigenvalue weighted by atomic mass is 16.5. The second kappa shape index (κ2) is 8.88. The van der Waals surface area contributed by atoms with Gasteiger partial charge in [0.2, 0.25) is 0 Å². The lowest BCUT2D eigenvalue weighted by molar-refractivity contribution is 0.0420. The molecule has 23 heavy (non-hydrogen) atoms. The molecule has 2 aliphatic carbocycles. The fourth-order valence-electron chi connectivity index (χ4n) is 4.01. The number of nitrogens with zero attached hydrogens (tertiary/aromatic N) is 1. The van der Waals surface area contributed by atoms with Crippen molar-refractivity contribution in [2.24, 2.45) is 16.8 Å². The number of nitrogens with one attached hydrogen (secondary N) is 2. The van der Waals surface area contributed by atoms with Crippen molar-refractivity contribution in [2.45, 2.75) is 63.5 Å². The molecule has 5 nitrogen and oxygen atoms in total. The summed E-state index contributed by atoms with van der Waals surface area (Å²) in [5, 5.41) is 7.02. The molecule has 0 bridgehead atoms. The minimum atomic E-state index is 0.315. The van der Waals surface area contributed by atoms with Crippen molar-refractivity contribution in [1.82, 2.24) is 10.6 Å². The summed E-state index contributed by atoms with van der Waals surface area (Å²) in [5.74, 6) is 2.80. The van der Waals surface area contributed by atoms with E-state index in [1.165, 1.54) is 38.5 Å². The van der Waals surface area contributed by atoms with E-state index in [9.17, 15) is 0 Å². The van der Waals surface area contributed by atoms with Gasteiger partial charge in [-0.05, 0) is 31.1 Å². The number of rotatable bonds is 7. The Morgan fingerprint density at radius 2 is 2.09 bits per heavy atom. The summed E-state index contributed by atoms with van der Waals surface area (Å²) < 4.78 is 11.1. The van der Waals surface area contributed by atoms with Crippen LogP contribution < -0.4 is 10.6 Å². The van der Waals surface area contributed by atoms with Gasteiger partial charge >= 0.3 is 0 Å². The summed E-state index contributed by atoms with van der Waals surface area (Å²) in [6, 6.07) is 0.649. The topological polar surface area (TPSA) is 54.9 Å². The molecule has 0 aromatic rings. The van der Waals surface area contributed by atoms with Crippen LogP contribution in [-0.2, 0) is 9.47 Å². The highest BCUT2D eigenvalue weighted by Crippen LogP contribution is 2.44. The fourth-order valence-corrected chi connectivity index (χ4v) is 4.01. The molecule has 3 atom stereocenters. The molecule has 2 saturated carbocycles. The van der Waals surface area contributed by atoms with E-state index >= 15 is 0 Å². The molecule has 0 amide bonds. The smallest absolute Gasteiger partial charge is 0.191 e. The third-order valence-corrected chi connectivity index (χ3v) is 5.50. The van der Waals surface area contributed by atoms with E-state index in [0.29, 0.717) is 12.1 Å². The molecule has 3 fully saturated rings. The predicted octanol–water partition coefficient (Wildman–Crippen LogP) is 2.32. The van der Waals surface area contributed by atoms with Gasteiger partial charge in [-0.1, -0.05) is 32.1 Å². The van der Waals surface area contributed by atoms with Gasteiger partial charge in [0.25, 0.3) is 0 Å². The highest BCUT2D eigenvalue weighted by molar-refractivity contribution is 5.80. The average Bonchev–Trinajstić information content (AvgIpc) is 3.16. The first-order chi connectivity index (χ1) is 11.4. The van der Waals surface area contributed by atoms with Gasteiger partial charge in [0.15, 0.2) is 5.96 Å². The third kappa shape index (κ3) is 5.35. The standard InChI is InChI=1S/C18H33N3O2/c1-19-18(20-9-5-10-23-15-8-11-22-13-15)21-17-12-16(17)14-6-3-2-4-7-14/h14-17H,2-13H2,1H3,(H2,19,20,21). The van der Waals surface area contributed by atoms with E-state index < -0.39 is 0 Å². The van der Waals surface area contributed by atoms with Crippen molar-refractivity contribution in [3.63, 3.8) is 0 Å². The molecule has 0 aromatic heterocycles. The van der Waals surface area contributed by atoms with Crippen LogP contribution in [0.4, 0.5) is 0 Å². The lowest BCUT2D eigenvalue weighted by Gasteiger charge is -2.22. The fraction of sp³-hybridized carbons (Fsp3) is 0.944. The first-order valence-electron chi connectivity index (χ1n) is 9.53. The predicted molar refractivity (Wildman–Crippen MR) is 92.8 cm³/mol. The molecule has 2 N–H and O–H groups in total. The van der Waals surface area contributed by atoms with E-state index in [1.807, 2.05) is 7.05 Å². The van der Waals surface area contributed by atoms with Gasteiger partial charge in [-0.25, -0.2) is 0 Å². The highest BCUT2D eigenvalue weighted by Gasteiger charge is 2.43. The third-order valence-electron chi connectivity index (χ3n) is 5.50. The van der Waals surface area contributed by atoms with Crippen LogP contribution in [-0.4, -0.2) is 51.5 Å². The zero-order chi connectivity index (χ0) is 15.9. The van der Waals surface area contributed by atoms with Crippen molar-refractivity contribution in [1.29, 1.82) is 0 Å². The molecule has 3 unspecified atom stereocenters.